The molecule has 0 saturated carbocycles. The molecule has 0 spiro atoms. The molecule has 1 unspecified atom stereocenters. The van der Waals surface area contributed by atoms with Crippen LogP contribution in [0.25, 0.3) is 11.4 Å². The van der Waals surface area contributed by atoms with Crippen molar-refractivity contribution in [1.29, 1.82) is 0 Å². The number of halogens is 1. The number of hydrogen-bond acceptors (Lipinski definition) is 4. The van der Waals surface area contributed by atoms with E-state index >= 15 is 0 Å². The molecular weight excluding hydrogens is 404 g/mol. The number of rotatable bonds is 6. The molecule has 0 aliphatic rings. The first kappa shape index (κ1) is 19.3. The van der Waals surface area contributed by atoms with Crippen molar-refractivity contribution in [2.45, 2.75) is 10.6 Å². The van der Waals surface area contributed by atoms with Crippen LogP contribution in [0.4, 0.5) is 0 Å². The molecule has 1 aromatic heterocycles. The van der Waals surface area contributed by atoms with Crippen LogP contribution in [0, 0.1) is 0 Å². The van der Waals surface area contributed by atoms with E-state index < -0.39 is 10.8 Å². The van der Waals surface area contributed by atoms with Crippen molar-refractivity contribution in [1.82, 2.24) is 9.97 Å². The smallest absolute Gasteiger partial charge is 0.223 e. The Bertz CT molecular complexity index is 1120. The number of ether oxygens (including phenoxy) is 1. The van der Waals surface area contributed by atoms with Gasteiger partial charge in [0.2, 0.25) is 5.88 Å². The van der Waals surface area contributed by atoms with Crippen molar-refractivity contribution in [3.05, 3.63) is 102 Å². The maximum absolute atomic E-state index is 12.8. The molecule has 29 heavy (non-hydrogen) atoms. The van der Waals surface area contributed by atoms with E-state index in [-0.39, 0.29) is 5.75 Å². The molecule has 0 fully saturated rings. The zero-order valence-corrected chi connectivity index (χ0v) is 16.9. The van der Waals surface area contributed by atoms with E-state index in [1.807, 2.05) is 60.7 Å². The quantitative estimate of drug-likeness (QED) is 0.390. The highest BCUT2D eigenvalue weighted by atomic mass is 35.5. The van der Waals surface area contributed by atoms with Crippen LogP contribution in [-0.2, 0) is 16.6 Å². The molecule has 0 N–H and O–H groups in total. The third kappa shape index (κ3) is 5.08. The van der Waals surface area contributed by atoms with Gasteiger partial charge < -0.3 is 4.74 Å². The fourth-order valence-corrected chi connectivity index (χ4v) is 3.88. The summed E-state index contributed by atoms with van der Waals surface area (Å²) in [5.74, 6) is 1.86. The maximum Gasteiger partial charge on any atom is 0.223 e. The Balaban J connectivity index is 1.67. The lowest BCUT2D eigenvalue weighted by Crippen LogP contribution is -2.03. The molecule has 0 aliphatic carbocycles. The molecule has 0 amide bonds. The summed E-state index contributed by atoms with van der Waals surface area (Å²) >= 11 is 5.93. The van der Waals surface area contributed by atoms with E-state index in [1.54, 1.807) is 30.3 Å². The van der Waals surface area contributed by atoms with Crippen LogP contribution >= 0.6 is 11.6 Å². The summed E-state index contributed by atoms with van der Waals surface area (Å²) in [4.78, 5) is 9.85. The number of aromatic nitrogens is 2. The molecule has 0 aliphatic heterocycles. The topological polar surface area (TPSA) is 52.1 Å². The summed E-state index contributed by atoms with van der Waals surface area (Å²) in [6.45, 7) is 0. The van der Waals surface area contributed by atoms with Gasteiger partial charge in [-0.25, -0.2) is 4.98 Å². The molecule has 4 aromatic rings. The van der Waals surface area contributed by atoms with Crippen LogP contribution in [0.2, 0.25) is 5.02 Å². The molecule has 0 saturated heterocycles. The van der Waals surface area contributed by atoms with Crippen LogP contribution in [0.15, 0.2) is 95.9 Å². The Morgan fingerprint density at radius 1 is 0.828 bits per heavy atom. The Morgan fingerprint density at radius 2 is 1.48 bits per heavy atom. The van der Waals surface area contributed by atoms with Crippen LogP contribution in [0.1, 0.15) is 5.69 Å². The Morgan fingerprint density at radius 3 is 2.17 bits per heavy atom. The van der Waals surface area contributed by atoms with Crippen LogP contribution in [0.3, 0.4) is 0 Å². The highest BCUT2D eigenvalue weighted by Gasteiger charge is 2.12. The van der Waals surface area contributed by atoms with E-state index in [4.69, 9.17) is 16.3 Å². The van der Waals surface area contributed by atoms with E-state index in [0.29, 0.717) is 33.1 Å². The van der Waals surface area contributed by atoms with Crippen molar-refractivity contribution in [3.8, 4) is 23.0 Å². The summed E-state index contributed by atoms with van der Waals surface area (Å²) in [5, 5.41) is 0.609. The summed E-state index contributed by atoms with van der Waals surface area (Å²) in [5.41, 5.74) is 1.50. The predicted molar refractivity (Wildman–Crippen MR) is 116 cm³/mol. The monoisotopic (exact) mass is 420 g/mol. The SMILES string of the molecule is O=S(Cc1cc(Oc2ccccc2)nc(-c2ccccc2)n1)c1ccc(Cl)cc1. The van der Waals surface area contributed by atoms with E-state index in [9.17, 15) is 4.21 Å². The fraction of sp³-hybridized carbons (Fsp3) is 0.0435. The molecule has 1 atom stereocenters. The lowest BCUT2D eigenvalue weighted by atomic mass is 10.2. The highest BCUT2D eigenvalue weighted by Crippen LogP contribution is 2.25. The van der Waals surface area contributed by atoms with Gasteiger partial charge >= 0.3 is 0 Å². The Hall–Kier alpha value is -3.02. The van der Waals surface area contributed by atoms with Crippen molar-refractivity contribution < 1.29 is 8.95 Å². The van der Waals surface area contributed by atoms with Gasteiger partial charge in [-0.1, -0.05) is 60.1 Å². The van der Waals surface area contributed by atoms with Gasteiger partial charge in [-0.05, 0) is 36.4 Å². The number of hydrogen-bond donors (Lipinski definition) is 0. The second-order valence-electron chi connectivity index (χ2n) is 6.25. The molecule has 1 heterocycles. The summed E-state index contributed by atoms with van der Waals surface area (Å²) < 4.78 is 18.7. The zero-order valence-electron chi connectivity index (χ0n) is 15.4. The lowest BCUT2D eigenvalue weighted by molar-refractivity contribution is 0.461. The summed E-state index contributed by atoms with van der Waals surface area (Å²) in [6.07, 6.45) is 0. The Kier molecular flexibility index (Phi) is 5.98. The zero-order chi connectivity index (χ0) is 20.1. The minimum Gasteiger partial charge on any atom is -0.439 e. The highest BCUT2D eigenvalue weighted by molar-refractivity contribution is 7.84. The first-order chi connectivity index (χ1) is 14.2. The van der Waals surface area contributed by atoms with Crippen molar-refractivity contribution in [2.75, 3.05) is 0 Å². The molecule has 0 radical (unpaired) electrons. The first-order valence-corrected chi connectivity index (χ1v) is 10.7. The first-order valence-electron chi connectivity index (χ1n) is 8.97. The second kappa shape index (κ2) is 8.99. The largest absolute Gasteiger partial charge is 0.439 e. The molecule has 4 nitrogen and oxygen atoms in total. The molecular formula is C23H17ClN2O2S. The average Bonchev–Trinajstić information content (AvgIpc) is 2.75. The van der Waals surface area contributed by atoms with Gasteiger partial charge in [0.15, 0.2) is 5.82 Å². The molecule has 144 valence electrons. The fourth-order valence-electron chi connectivity index (χ4n) is 2.73. The standard InChI is InChI=1S/C23H17ClN2O2S/c24-18-11-13-21(14-12-18)29(27)16-19-15-22(28-20-9-5-2-6-10-20)26-23(25-19)17-7-3-1-4-8-17/h1-15H,16H2. The number of benzene rings is 3. The van der Waals surface area contributed by atoms with Crippen LogP contribution in [0.5, 0.6) is 11.6 Å². The lowest BCUT2D eigenvalue weighted by Gasteiger charge is -2.10. The number of nitrogens with zero attached hydrogens (tertiary/aromatic N) is 2. The van der Waals surface area contributed by atoms with Crippen molar-refractivity contribution in [3.63, 3.8) is 0 Å². The van der Waals surface area contributed by atoms with Gasteiger partial charge in [0.1, 0.15) is 5.75 Å². The van der Waals surface area contributed by atoms with Crippen molar-refractivity contribution in [2.24, 2.45) is 0 Å². The Labute approximate surface area is 176 Å². The molecule has 6 heteroatoms. The summed E-state index contributed by atoms with van der Waals surface area (Å²) in [6, 6.07) is 27.8. The molecule has 0 bridgehead atoms. The normalized spacial score (nSPS) is 11.8. The predicted octanol–water partition coefficient (Wildman–Crippen LogP) is 5.90. The van der Waals surface area contributed by atoms with Crippen molar-refractivity contribution >= 4 is 22.4 Å². The third-order valence-electron chi connectivity index (χ3n) is 4.11. The van der Waals surface area contributed by atoms with Gasteiger partial charge in [0.25, 0.3) is 0 Å². The second-order valence-corrected chi connectivity index (χ2v) is 8.13. The van der Waals surface area contributed by atoms with Gasteiger partial charge in [-0.2, -0.15) is 4.98 Å². The van der Waals surface area contributed by atoms with E-state index in [2.05, 4.69) is 9.97 Å². The number of para-hydroxylation sites is 1. The van der Waals surface area contributed by atoms with Crippen LogP contribution in [-0.4, -0.2) is 14.2 Å². The van der Waals surface area contributed by atoms with Gasteiger partial charge in [0.05, 0.1) is 22.2 Å². The maximum atomic E-state index is 12.8. The summed E-state index contributed by atoms with van der Waals surface area (Å²) in [7, 11) is -1.27. The average molecular weight is 421 g/mol. The molecule has 3 aromatic carbocycles. The van der Waals surface area contributed by atoms with Crippen LogP contribution < -0.4 is 4.74 Å². The minimum absolute atomic E-state index is 0.245. The minimum atomic E-state index is -1.27. The molecule has 4 rings (SSSR count). The van der Waals surface area contributed by atoms with E-state index in [0.717, 1.165) is 5.56 Å². The van der Waals surface area contributed by atoms with E-state index in [1.165, 1.54) is 0 Å². The third-order valence-corrected chi connectivity index (χ3v) is 5.72. The van der Waals surface area contributed by atoms with Gasteiger partial charge in [-0.3, -0.25) is 4.21 Å². The van der Waals surface area contributed by atoms with Gasteiger partial charge in [0, 0.05) is 21.5 Å². The van der Waals surface area contributed by atoms with Gasteiger partial charge in [-0.15, -0.1) is 0 Å².